The molecule has 4 rings (SSSR count). The van der Waals surface area contributed by atoms with E-state index >= 15 is 0 Å². The van der Waals surface area contributed by atoms with Gasteiger partial charge >= 0.3 is 0 Å². The molecule has 1 fully saturated rings. The van der Waals surface area contributed by atoms with Gasteiger partial charge in [0.1, 0.15) is 5.82 Å². The Hall–Kier alpha value is -2.66. The van der Waals surface area contributed by atoms with Gasteiger partial charge in [0.15, 0.2) is 0 Å². The van der Waals surface area contributed by atoms with Crippen LogP contribution in [0.15, 0.2) is 54.6 Å². The highest BCUT2D eigenvalue weighted by Crippen LogP contribution is 2.22. The van der Waals surface area contributed by atoms with Gasteiger partial charge in [-0.3, -0.25) is 9.36 Å². The number of para-hydroxylation sites is 3. The standard InChI is InChI=1S/C20H22N4O/c21-15-12-13-23(14-15)20(25)11-10-19-22-17-8-4-5-9-18(17)24(19)16-6-2-1-3-7-16/h1-9,15H,10-14,21H2/t15-/m1/s1. The van der Waals surface area contributed by atoms with Gasteiger partial charge in [0.2, 0.25) is 5.91 Å². The zero-order valence-electron chi connectivity index (χ0n) is 14.1. The maximum absolute atomic E-state index is 12.5. The minimum atomic E-state index is 0.123. The molecule has 5 nitrogen and oxygen atoms in total. The summed E-state index contributed by atoms with van der Waals surface area (Å²) in [6, 6.07) is 18.4. The van der Waals surface area contributed by atoms with Crippen molar-refractivity contribution in [2.24, 2.45) is 5.73 Å². The first-order chi connectivity index (χ1) is 12.2. The Morgan fingerprint density at radius 3 is 2.64 bits per heavy atom. The molecule has 3 aromatic rings. The molecule has 1 amide bonds. The Kier molecular flexibility index (Phi) is 4.24. The molecule has 5 heteroatoms. The maximum atomic E-state index is 12.5. The van der Waals surface area contributed by atoms with Crippen LogP contribution in [0.4, 0.5) is 0 Å². The van der Waals surface area contributed by atoms with Crippen molar-refractivity contribution in [1.82, 2.24) is 14.5 Å². The average Bonchev–Trinajstić information content (AvgIpc) is 3.24. The molecule has 1 saturated heterocycles. The van der Waals surface area contributed by atoms with Crippen LogP contribution in [0.25, 0.3) is 16.7 Å². The van der Waals surface area contributed by atoms with Crippen LogP contribution in [0.1, 0.15) is 18.7 Å². The summed E-state index contributed by atoms with van der Waals surface area (Å²) >= 11 is 0. The normalized spacial score (nSPS) is 17.3. The van der Waals surface area contributed by atoms with Crippen molar-refractivity contribution in [2.75, 3.05) is 13.1 Å². The van der Waals surface area contributed by atoms with Gasteiger partial charge in [-0.25, -0.2) is 4.98 Å². The predicted octanol–water partition coefficient (Wildman–Crippen LogP) is 2.52. The molecule has 2 N–H and O–H groups in total. The zero-order valence-corrected chi connectivity index (χ0v) is 14.1. The molecule has 1 atom stereocenters. The van der Waals surface area contributed by atoms with E-state index in [1.807, 2.05) is 41.3 Å². The average molecular weight is 334 g/mol. The van der Waals surface area contributed by atoms with Crippen molar-refractivity contribution in [3.05, 3.63) is 60.4 Å². The lowest BCUT2D eigenvalue weighted by molar-refractivity contribution is -0.130. The Balaban J connectivity index is 1.62. The molecule has 25 heavy (non-hydrogen) atoms. The highest BCUT2D eigenvalue weighted by atomic mass is 16.2. The fraction of sp³-hybridized carbons (Fsp3) is 0.300. The van der Waals surface area contributed by atoms with Gasteiger partial charge in [-0.1, -0.05) is 30.3 Å². The van der Waals surface area contributed by atoms with E-state index in [0.717, 1.165) is 35.5 Å². The largest absolute Gasteiger partial charge is 0.341 e. The smallest absolute Gasteiger partial charge is 0.223 e. The zero-order chi connectivity index (χ0) is 17.2. The molecule has 1 aromatic heterocycles. The number of amides is 1. The SMILES string of the molecule is N[C@@H]1CCN(C(=O)CCc2nc3ccccc3n2-c2ccccc2)C1. The number of rotatable bonds is 4. The number of aryl methyl sites for hydroxylation is 1. The third-order valence-electron chi connectivity index (χ3n) is 4.78. The summed E-state index contributed by atoms with van der Waals surface area (Å²) in [7, 11) is 0. The van der Waals surface area contributed by atoms with Gasteiger partial charge in [0, 0.05) is 37.7 Å². The first kappa shape index (κ1) is 15.8. The van der Waals surface area contributed by atoms with Crippen LogP contribution in [-0.4, -0.2) is 39.5 Å². The minimum Gasteiger partial charge on any atom is -0.341 e. The number of hydrogen-bond donors (Lipinski definition) is 1. The summed E-state index contributed by atoms with van der Waals surface area (Å²) in [6.45, 7) is 1.45. The summed E-state index contributed by atoms with van der Waals surface area (Å²) in [6.07, 6.45) is 1.98. The number of aromatic nitrogens is 2. The second-order valence-corrected chi connectivity index (χ2v) is 6.58. The first-order valence-electron chi connectivity index (χ1n) is 8.77. The molecule has 1 aliphatic rings. The fourth-order valence-electron chi connectivity index (χ4n) is 3.50. The Labute approximate surface area is 147 Å². The number of carbonyl (C=O) groups excluding carboxylic acids is 1. The van der Waals surface area contributed by atoms with E-state index in [1.54, 1.807) is 0 Å². The molecule has 0 saturated carbocycles. The lowest BCUT2D eigenvalue weighted by Gasteiger charge is -2.16. The lowest BCUT2D eigenvalue weighted by atomic mass is 10.2. The van der Waals surface area contributed by atoms with Crippen LogP contribution in [0.3, 0.4) is 0 Å². The molecule has 128 valence electrons. The van der Waals surface area contributed by atoms with Gasteiger partial charge in [-0.05, 0) is 30.7 Å². The van der Waals surface area contributed by atoms with E-state index in [9.17, 15) is 4.79 Å². The Bertz CT molecular complexity index is 887. The van der Waals surface area contributed by atoms with E-state index in [2.05, 4.69) is 22.8 Å². The van der Waals surface area contributed by atoms with Crippen molar-refractivity contribution in [3.8, 4) is 5.69 Å². The summed E-state index contributed by atoms with van der Waals surface area (Å²) in [5, 5.41) is 0. The van der Waals surface area contributed by atoms with Crippen molar-refractivity contribution in [2.45, 2.75) is 25.3 Å². The molecular formula is C20H22N4O. The van der Waals surface area contributed by atoms with Gasteiger partial charge in [-0.15, -0.1) is 0 Å². The van der Waals surface area contributed by atoms with Gasteiger partial charge in [0.05, 0.1) is 11.0 Å². The molecular weight excluding hydrogens is 312 g/mol. The predicted molar refractivity (Wildman–Crippen MR) is 98.6 cm³/mol. The van der Waals surface area contributed by atoms with Crippen molar-refractivity contribution < 1.29 is 4.79 Å². The lowest BCUT2D eigenvalue weighted by Crippen LogP contribution is -2.32. The number of carbonyl (C=O) groups is 1. The molecule has 0 spiro atoms. The third kappa shape index (κ3) is 3.15. The summed E-state index contributed by atoms with van der Waals surface area (Å²) in [5.41, 5.74) is 9.01. The number of nitrogens with two attached hydrogens (primary N) is 1. The number of imidazole rings is 1. The minimum absolute atomic E-state index is 0.123. The Morgan fingerprint density at radius 2 is 1.88 bits per heavy atom. The van der Waals surface area contributed by atoms with Crippen LogP contribution in [0.5, 0.6) is 0 Å². The third-order valence-corrected chi connectivity index (χ3v) is 4.78. The van der Waals surface area contributed by atoms with Crippen LogP contribution in [0, 0.1) is 0 Å². The van der Waals surface area contributed by atoms with E-state index in [0.29, 0.717) is 19.4 Å². The quantitative estimate of drug-likeness (QED) is 0.797. The van der Waals surface area contributed by atoms with Crippen LogP contribution < -0.4 is 5.73 Å². The van der Waals surface area contributed by atoms with Crippen molar-refractivity contribution in [1.29, 1.82) is 0 Å². The number of fused-ring (bicyclic) bond motifs is 1. The van der Waals surface area contributed by atoms with Crippen LogP contribution in [-0.2, 0) is 11.2 Å². The highest BCUT2D eigenvalue weighted by Gasteiger charge is 2.24. The number of hydrogen-bond acceptors (Lipinski definition) is 3. The molecule has 0 bridgehead atoms. The van der Waals surface area contributed by atoms with E-state index in [-0.39, 0.29) is 11.9 Å². The van der Waals surface area contributed by atoms with Gasteiger partial charge < -0.3 is 10.6 Å². The van der Waals surface area contributed by atoms with E-state index in [4.69, 9.17) is 10.7 Å². The second-order valence-electron chi connectivity index (χ2n) is 6.58. The molecule has 0 unspecified atom stereocenters. The van der Waals surface area contributed by atoms with E-state index in [1.165, 1.54) is 0 Å². The second kappa shape index (κ2) is 6.69. The first-order valence-corrected chi connectivity index (χ1v) is 8.77. The Morgan fingerprint density at radius 1 is 1.12 bits per heavy atom. The van der Waals surface area contributed by atoms with Crippen LogP contribution in [0.2, 0.25) is 0 Å². The summed E-state index contributed by atoms with van der Waals surface area (Å²) in [4.78, 5) is 19.1. The number of nitrogens with zero attached hydrogens (tertiary/aromatic N) is 3. The summed E-state index contributed by atoms with van der Waals surface area (Å²) < 4.78 is 2.15. The molecule has 2 heterocycles. The molecule has 0 aliphatic carbocycles. The summed E-state index contributed by atoms with van der Waals surface area (Å²) in [5.74, 6) is 1.09. The fourth-order valence-corrected chi connectivity index (χ4v) is 3.50. The monoisotopic (exact) mass is 334 g/mol. The van der Waals surface area contributed by atoms with Gasteiger partial charge in [-0.2, -0.15) is 0 Å². The van der Waals surface area contributed by atoms with E-state index < -0.39 is 0 Å². The molecule has 2 aromatic carbocycles. The highest BCUT2D eigenvalue weighted by molar-refractivity contribution is 5.79. The molecule has 1 aliphatic heterocycles. The number of likely N-dealkylation sites (tertiary alicyclic amines) is 1. The number of benzene rings is 2. The van der Waals surface area contributed by atoms with Crippen molar-refractivity contribution in [3.63, 3.8) is 0 Å². The topological polar surface area (TPSA) is 64.2 Å². The molecule has 0 radical (unpaired) electrons. The van der Waals surface area contributed by atoms with Crippen molar-refractivity contribution >= 4 is 16.9 Å². The van der Waals surface area contributed by atoms with Crippen LogP contribution >= 0.6 is 0 Å². The maximum Gasteiger partial charge on any atom is 0.223 e. The van der Waals surface area contributed by atoms with Gasteiger partial charge in [0.25, 0.3) is 0 Å².